The molecule has 0 aromatic carbocycles. The maximum Gasteiger partial charge on any atom is 0.143 e. The normalized spacial score (nSPS) is 7.00. The Kier molecular flexibility index (Phi) is 9.96. The maximum atomic E-state index is 7.45. The molecule has 0 aliphatic rings. The van der Waals surface area contributed by atoms with Crippen molar-refractivity contribution in [1.82, 2.24) is 0 Å². The van der Waals surface area contributed by atoms with Crippen LogP contribution < -0.4 is 0 Å². The summed E-state index contributed by atoms with van der Waals surface area (Å²) in [6, 6.07) is 0. The summed E-state index contributed by atoms with van der Waals surface area (Å²) in [6.45, 7) is 0. The summed E-state index contributed by atoms with van der Waals surface area (Å²) < 4.78 is 14.9. The molecule has 2 nitrogen and oxygen atoms in total. The minimum Gasteiger partial charge on any atom is -0.306 e. The van der Waals surface area contributed by atoms with Crippen molar-refractivity contribution in [1.29, 1.82) is 0 Å². The van der Waals surface area contributed by atoms with Crippen LogP contribution in [0.1, 0.15) is 0 Å². The number of hydrogen-bond donors (Lipinski definition) is 2. The molecule has 0 heterocycles. The van der Waals surface area contributed by atoms with Gasteiger partial charge in [-0.2, -0.15) is 0 Å². The monoisotopic (exact) mass is 205 g/mol. The van der Waals surface area contributed by atoms with Crippen molar-refractivity contribution in [2.45, 2.75) is 0 Å². The standard InChI is InChI=1S/Ag.H2O2S2/c;1-4(2)3/h;(H2,1,2,3). The Morgan fingerprint density at radius 3 is 1.40 bits per heavy atom. The van der Waals surface area contributed by atoms with Gasteiger partial charge in [0, 0.05) is 33.6 Å². The Labute approximate surface area is 52.7 Å². The third kappa shape index (κ3) is 36.1. The largest absolute Gasteiger partial charge is 0.306 e. The molecule has 0 aromatic heterocycles. The molecule has 0 aliphatic carbocycles. The van der Waals surface area contributed by atoms with Crippen LogP contribution in [-0.4, -0.2) is 9.11 Å². The molecule has 0 saturated carbocycles. The quantitative estimate of drug-likeness (QED) is 0.548. The number of rotatable bonds is 0. The maximum absolute atomic E-state index is 7.45. The summed E-state index contributed by atoms with van der Waals surface area (Å²) in [7, 11) is -1.78. The first-order valence-corrected chi connectivity index (χ1v) is 2.60. The molecule has 0 atom stereocenters. The first-order chi connectivity index (χ1) is 1.73. The second-order valence-electron chi connectivity index (χ2n) is 0.231. The van der Waals surface area contributed by atoms with E-state index in [1.165, 1.54) is 0 Å². The van der Waals surface area contributed by atoms with Crippen molar-refractivity contribution in [2.24, 2.45) is 0 Å². The summed E-state index contributed by atoms with van der Waals surface area (Å²) in [5.74, 6) is 0. The molecule has 0 aliphatic heterocycles. The second kappa shape index (κ2) is 5.23. The van der Waals surface area contributed by atoms with Gasteiger partial charge in [-0.3, -0.25) is 0 Å². The molecule has 0 aromatic rings. The SMILES string of the molecule is OS(O)=S.[Ag]. The molecule has 0 fully saturated rings. The van der Waals surface area contributed by atoms with Crippen LogP contribution in [0.4, 0.5) is 0 Å². The van der Waals surface area contributed by atoms with Gasteiger partial charge in [0.05, 0.1) is 0 Å². The van der Waals surface area contributed by atoms with Gasteiger partial charge in [-0.15, -0.1) is 0 Å². The van der Waals surface area contributed by atoms with Crippen LogP contribution in [0.5, 0.6) is 0 Å². The number of hydrogen-bond acceptors (Lipinski definition) is 1. The van der Waals surface area contributed by atoms with E-state index in [9.17, 15) is 0 Å². The third-order valence-electron chi connectivity index (χ3n) is 0. The van der Waals surface area contributed by atoms with Crippen molar-refractivity contribution in [3.63, 3.8) is 0 Å². The molecular weight excluding hydrogens is 204 g/mol. The summed E-state index contributed by atoms with van der Waals surface area (Å²) in [5.41, 5.74) is 0. The first-order valence-electron chi connectivity index (χ1n) is 0.532. The van der Waals surface area contributed by atoms with Crippen LogP contribution in [0.3, 0.4) is 0 Å². The van der Waals surface area contributed by atoms with E-state index in [-0.39, 0.29) is 22.4 Å². The molecule has 0 amide bonds. The smallest absolute Gasteiger partial charge is 0.143 e. The summed E-state index contributed by atoms with van der Waals surface area (Å²) >= 11 is 3.76. The van der Waals surface area contributed by atoms with E-state index < -0.39 is 10.0 Å². The third-order valence-corrected chi connectivity index (χ3v) is 0. The average molecular weight is 206 g/mol. The molecule has 5 heteroatoms. The summed E-state index contributed by atoms with van der Waals surface area (Å²) in [6.07, 6.45) is 0. The van der Waals surface area contributed by atoms with E-state index in [0.29, 0.717) is 0 Å². The molecule has 0 bridgehead atoms. The fourth-order valence-electron chi connectivity index (χ4n) is 0. The first kappa shape index (κ1) is 9.52. The van der Waals surface area contributed by atoms with Gasteiger partial charge in [0.25, 0.3) is 0 Å². The Morgan fingerprint density at radius 1 is 1.40 bits per heavy atom. The molecule has 0 saturated heterocycles. The van der Waals surface area contributed by atoms with Gasteiger partial charge < -0.3 is 9.11 Å². The fraction of sp³-hybridized carbons (Fsp3) is 0. The minimum atomic E-state index is -1.78. The topological polar surface area (TPSA) is 40.5 Å². The second-order valence-corrected chi connectivity index (χ2v) is 1.59. The zero-order valence-electron chi connectivity index (χ0n) is 2.01. The molecule has 0 rings (SSSR count). The fourth-order valence-corrected chi connectivity index (χ4v) is 0. The predicted molar refractivity (Wildman–Crippen MR) is 20.0 cm³/mol. The van der Waals surface area contributed by atoms with Crippen molar-refractivity contribution < 1.29 is 31.5 Å². The van der Waals surface area contributed by atoms with Crippen LogP contribution in [0.15, 0.2) is 0 Å². The molecule has 37 valence electrons. The molecule has 5 heavy (non-hydrogen) atoms. The predicted octanol–water partition coefficient (Wildman–Crippen LogP) is 0.0101. The molecular formula is H2AgO2S2. The van der Waals surface area contributed by atoms with Crippen molar-refractivity contribution in [2.75, 3.05) is 0 Å². The van der Waals surface area contributed by atoms with Gasteiger partial charge in [0.15, 0.2) is 0 Å². The van der Waals surface area contributed by atoms with Gasteiger partial charge in [-0.25, -0.2) is 0 Å². The van der Waals surface area contributed by atoms with E-state index in [4.69, 9.17) is 9.11 Å². The van der Waals surface area contributed by atoms with Crippen molar-refractivity contribution >= 4 is 21.2 Å². The molecule has 0 unspecified atom stereocenters. The van der Waals surface area contributed by atoms with E-state index in [2.05, 4.69) is 11.2 Å². The van der Waals surface area contributed by atoms with E-state index in [1.807, 2.05) is 0 Å². The Balaban J connectivity index is 0. The van der Waals surface area contributed by atoms with Gasteiger partial charge in [-0.05, 0) is 0 Å². The average Bonchev–Trinajstić information content (AvgIpc) is 0.811. The zero-order valence-corrected chi connectivity index (χ0v) is 5.13. The van der Waals surface area contributed by atoms with Crippen LogP contribution in [0, 0.1) is 0 Å². The van der Waals surface area contributed by atoms with Gasteiger partial charge in [0.1, 0.15) is 10.0 Å². The van der Waals surface area contributed by atoms with Crippen LogP contribution in [0.25, 0.3) is 0 Å². The Morgan fingerprint density at radius 2 is 1.40 bits per heavy atom. The Hall–Kier alpha value is 1.23. The summed E-state index contributed by atoms with van der Waals surface area (Å²) in [4.78, 5) is 0. The summed E-state index contributed by atoms with van der Waals surface area (Å²) in [5, 5.41) is 0. The molecule has 1 radical (unpaired) electrons. The molecule has 0 spiro atoms. The van der Waals surface area contributed by atoms with Crippen molar-refractivity contribution in [3.8, 4) is 0 Å². The van der Waals surface area contributed by atoms with Gasteiger partial charge >= 0.3 is 0 Å². The van der Waals surface area contributed by atoms with E-state index in [1.54, 1.807) is 0 Å². The van der Waals surface area contributed by atoms with Crippen LogP contribution in [0.2, 0.25) is 0 Å². The van der Waals surface area contributed by atoms with E-state index in [0.717, 1.165) is 0 Å². The molecule has 2 N–H and O–H groups in total. The Bertz CT molecular complexity index is 30.6. The van der Waals surface area contributed by atoms with Gasteiger partial charge in [0.2, 0.25) is 0 Å². The minimum absolute atomic E-state index is 0. The van der Waals surface area contributed by atoms with E-state index >= 15 is 0 Å². The zero-order chi connectivity index (χ0) is 3.58. The van der Waals surface area contributed by atoms with Crippen molar-refractivity contribution in [3.05, 3.63) is 0 Å². The van der Waals surface area contributed by atoms with Gasteiger partial charge in [-0.1, -0.05) is 0 Å². The van der Waals surface area contributed by atoms with Crippen LogP contribution in [-0.2, 0) is 43.6 Å². The van der Waals surface area contributed by atoms with Crippen LogP contribution >= 0.6 is 0 Å².